The molecule has 2 amide bonds. The molecular weight excluding hydrogens is 416 g/mol. The molecule has 2 fully saturated rings. The van der Waals surface area contributed by atoms with Crippen LogP contribution in [0.4, 0.5) is 0 Å². The third-order valence-corrected chi connectivity index (χ3v) is 8.49. The van der Waals surface area contributed by atoms with Crippen LogP contribution in [-0.4, -0.2) is 45.7 Å². The topological polar surface area (TPSA) is 49.4 Å². The largest absolute Gasteiger partial charge is 0.353 e. The molecule has 3 heterocycles. The highest BCUT2D eigenvalue weighted by atomic mass is 79.9. The number of amides is 2. The molecule has 8 heteroatoms. The molecule has 2 saturated heterocycles. The Hall–Kier alpha value is -0.180. The van der Waals surface area contributed by atoms with Gasteiger partial charge >= 0.3 is 0 Å². The molecular formula is C15H19BrN2O2S3. The second-order valence-electron chi connectivity index (χ2n) is 5.81. The van der Waals surface area contributed by atoms with Crippen molar-refractivity contribution < 1.29 is 9.59 Å². The van der Waals surface area contributed by atoms with Gasteiger partial charge in [-0.2, -0.15) is 11.8 Å². The maximum atomic E-state index is 12.4. The summed E-state index contributed by atoms with van der Waals surface area (Å²) in [7, 11) is 0. The van der Waals surface area contributed by atoms with Crippen molar-refractivity contribution in [3.05, 3.63) is 20.8 Å². The number of thiophene rings is 1. The molecule has 1 aromatic heterocycles. The van der Waals surface area contributed by atoms with E-state index < -0.39 is 0 Å². The van der Waals surface area contributed by atoms with E-state index in [1.54, 1.807) is 23.1 Å². The number of hydrogen-bond acceptors (Lipinski definition) is 5. The van der Waals surface area contributed by atoms with Gasteiger partial charge in [0.2, 0.25) is 11.8 Å². The molecule has 0 saturated carbocycles. The summed E-state index contributed by atoms with van der Waals surface area (Å²) < 4.78 is 1.15. The Balaban J connectivity index is 1.40. The summed E-state index contributed by atoms with van der Waals surface area (Å²) in [5, 5.41) is 2.99. The first kappa shape index (κ1) is 17.6. The lowest BCUT2D eigenvalue weighted by Gasteiger charge is -2.29. The van der Waals surface area contributed by atoms with Gasteiger partial charge in [0.05, 0.1) is 8.66 Å². The van der Waals surface area contributed by atoms with Crippen LogP contribution in [0, 0.1) is 0 Å². The molecule has 126 valence electrons. The lowest BCUT2D eigenvalue weighted by atomic mass is 10.2. The van der Waals surface area contributed by atoms with Crippen molar-refractivity contribution in [3.63, 3.8) is 0 Å². The third kappa shape index (κ3) is 3.91. The quantitative estimate of drug-likeness (QED) is 0.697. The van der Waals surface area contributed by atoms with Crippen molar-refractivity contribution in [1.29, 1.82) is 0 Å². The molecule has 0 aromatic carbocycles. The molecule has 0 spiro atoms. The molecule has 0 aliphatic carbocycles. The highest BCUT2D eigenvalue weighted by molar-refractivity contribution is 9.11. The fourth-order valence-electron chi connectivity index (χ4n) is 2.98. The van der Waals surface area contributed by atoms with Crippen molar-refractivity contribution in [3.8, 4) is 0 Å². The highest BCUT2D eigenvalue weighted by Crippen LogP contribution is 2.47. The van der Waals surface area contributed by atoms with Gasteiger partial charge in [-0.25, -0.2) is 0 Å². The van der Waals surface area contributed by atoms with Gasteiger partial charge in [-0.05, 0) is 41.4 Å². The summed E-state index contributed by atoms with van der Waals surface area (Å²) in [4.78, 5) is 27.4. The molecule has 1 aromatic rings. The second kappa shape index (κ2) is 7.37. The molecule has 0 unspecified atom stereocenters. The fraction of sp³-hybridized carbons (Fsp3) is 0.600. The van der Waals surface area contributed by atoms with Crippen LogP contribution in [0.15, 0.2) is 15.9 Å². The first-order valence-electron chi connectivity index (χ1n) is 7.55. The van der Waals surface area contributed by atoms with Crippen LogP contribution in [0.3, 0.4) is 0 Å². The van der Waals surface area contributed by atoms with E-state index in [-0.39, 0.29) is 22.7 Å². The summed E-state index contributed by atoms with van der Waals surface area (Å²) in [6.07, 6.45) is 1.42. The van der Waals surface area contributed by atoms with Crippen LogP contribution >= 0.6 is 50.8 Å². The molecule has 4 nitrogen and oxygen atoms in total. The summed E-state index contributed by atoms with van der Waals surface area (Å²) in [6, 6.07) is 3.89. The zero-order valence-electron chi connectivity index (χ0n) is 12.8. The molecule has 2 atom stereocenters. The lowest BCUT2D eigenvalue weighted by Crippen LogP contribution is -2.50. The third-order valence-electron chi connectivity index (χ3n) is 4.17. The molecule has 3 rings (SSSR count). The van der Waals surface area contributed by atoms with Crippen molar-refractivity contribution >= 4 is 62.6 Å². The average Bonchev–Trinajstić information content (AvgIpc) is 3.15. The molecule has 0 radical (unpaired) electrons. The molecule has 23 heavy (non-hydrogen) atoms. The van der Waals surface area contributed by atoms with Crippen molar-refractivity contribution in [2.75, 3.05) is 18.1 Å². The average molecular weight is 435 g/mol. The summed E-state index contributed by atoms with van der Waals surface area (Å²) in [5.41, 5.74) is 0. The fourth-order valence-corrected chi connectivity index (χ4v) is 6.87. The Kier molecular flexibility index (Phi) is 5.65. The lowest BCUT2D eigenvalue weighted by molar-refractivity contribution is -0.137. The van der Waals surface area contributed by atoms with E-state index in [0.717, 1.165) is 21.7 Å². The Morgan fingerprint density at radius 1 is 1.57 bits per heavy atom. The Morgan fingerprint density at radius 3 is 3.13 bits per heavy atom. The number of hydrogen-bond donors (Lipinski definition) is 1. The molecule has 0 bridgehead atoms. The monoisotopic (exact) mass is 434 g/mol. The predicted molar refractivity (Wildman–Crippen MR) is 102 cm³/mol. The van der Waals surface area contributed by atoms with Crippen molar-refractivity contribution in [1.82, 2.24) is 10.2 Å². The minimum atomic E-state index is -0.293. The Bertz CT molecular complexity index is 609. The van der Waals surface area contributed by atoms with Crippen LogP contribution in [0.1, 0.15) is 24.6 Å². The van der Waals surface area contributed by atoms with Crippen LogP contribution in [0.5, 0.6) is 0 Å². The molecule has 2 aliphatic rings. The van der Waals surface area contributed by atoms with Crippen LogP contribution < -0.4 is 5.32 Å². The number of rotatable bonds is 6. The maximum absolute atomic E-state index is 12.4. The Morgan fingerprint density at radius 2 is 2.39 bits per heavy atom. The van der Waals surface area contributed by atoms with Crippen molar-refractivity contribution in [2.45, 2.75) is 36.4 Å². The van der Waals surface area contributed by atoms with E-state index >= 15 is 0 Å². The van der Waals surface area contributed by atoms with Gasteiger partial charge in [-0.3, -0.25) is 9.59 Å². The van der Waals surface area contributed by atoms with E-state index in [4.69, 9.17) is 0 Å². The minimum Gasteiger partial charge on any atom is -0.353 e. The second-order valence-corrected chi connectivity index (χ2v) is 11.0. The minimum absolute atomic E-state index is 0.00376. The number of nitrogens with one attached hydrogen (secondary N) is 1. The summed E-state index contributed by atoms with van der Waals surface area (Å²) in [5.74, 6) is 2.68. The van der Waals surface area contributed by atoms with E-state index in [1.807, 2.05) is 16.7 Å². The normalized spacial score (nSPS) is 26.6. The molecule has 1 N–H and O–H groups in total. The van der Waals surface area contributed by atoms with Gasteiger partial charge in [0.15, 0.2) is 0 Å². The first-order chi connectivity index (χ1) is 11.0. The van der Waals surface area contributed by atoms with Gasteiger partial charge < -0.3 is 10.2 Å². The first-order valence-corrected chi connectivity index (χ1v) is 11.3. The van der Waals surface area contributed by atoms with Gasteiger partial charge in [0.1, 0.15) is 6.04 Å². The number of nitrogens with zero attached hydrogens (tertiary/aromatic N) is 1. The van der Waals surface area contributed by atoms with Gasteiger partial charge in [-0.1, -0.05) is 0 Å². The van der Waals surface area contributed by atoms with Gasteiger partial charge in [0.25, 0.3) is 0 Å². The van der Waals surface area contributed by atoms with Gasteiger partial charge in [0, 0.05) is 35.1 Å². The maximum Gasteiger partial charge on any atom is 0.243 e. The van der Waals surface area contributed by atoms with Gasteiger partial charge in [-0.15, -0.1) is 23.1 Å². The zero-order chi connectivity index (χ0) is 16.4. The number of carbonyl (C=O) groups is 2. The standard InChI is InChI=1S/C15H19BrN2O2S3/c1-15-5-4-13(19)18(15)11(9-22-15)14(20)17-6-7-21-8-10-2-3-12(16)23-10/h2-3,11H,4-9H2,1H3,(H,17,20)/t11-,15+/m0/s1. The van der Waals surface area contributed by atoms with E-state index in [9.17, 15) is 9.59 Å². The number of thioether (sulfide) groups is 2. The summed E-state index contributed by atoms with van der Waals surface area (Å²) in [6.45, 7) is 2.72. The van der Waals surface area contributed by atoms with Crippen LogP contribution in [0.25, 0.3) is 0 Å². The Labute approximate surface area is 157 Å². The predicted octanol–water partition coefficient (Wildman–Crippen LogP) is 3.31. The number of carbonyl (C=O) groups excluding carboxylic acids is 2. The summed E-state index contributed by atoms with van der Waals surface area (Å²) >= 11 is 8.75. The SMILES string of the molecule is C[C@@]12CCC(=O)N1[C@H](C(=O)NCCSCc1ccc(Br)s1)CS2. The van der Waals surface area contributed by atoms with Crippen LogP contribution in [-0.2, 0) is 15.3 Å². The number of fused-ring (bicyclic) bond motifs is 1. The smallest absolute Gasteiger partial charge is 0.243 e. The zero-order valence-corrected chi connectivity index (χ0v) is 16.9. The van der Waals surface area contributed by atoms with E-state index in [1.165, 1.54) is 4.88 Å². The van der Waals surface area contributed by atoms with Crippen molar-refractivity contribution in [2.24, 2.45) is 0 Å². The van der Waals surface area contributed by atoms with E-state index in [2.05, 4.69) is 40.3 Å². The van der Waals surface area contributed by atoms with E-state index in [0.29, 0.717) is 18.7 Å². The highest BCUT2D eigenvalue weighted by Gasteiger charge is 2.52. The number of halogens is 1. The van der Waals surface area contributed by atoms with Crippen LogP contribution in [0.2, 0.25) is 0 Å². The molecule has 2 aliphatic heterocycles.